The van der Waals surface area contributed by atoms with E-state index in [0.717, 1.165) is 29.6 Å². The van der Waals surface area contributed by atoms with E-state index in [1.165, 1.54) is 5.22 Å². The van der Waals surface area contributed by atoms with Gasteiger partial charge in [0, 0.05) is 19.2 Å². The summed E-state index contributed by atoms with van der Waals surface area (Å²) in [6.45, 7) is 4.90. The second-order valence-corrected chi connectivity index (χ2v) is 3.77. The van der Waals surface area contributed by atoms with Gasteiger partial charge in [0.2, 0.25) is 0 Å². The Balaban J connectivity index is 2.42. The summed E-state index contributed by atoms with van der Waals surface area (Å²) in [6.07, 6.45) is 3.23. The fraction of sp³-hybridized carbons (Fsp3) is 0.308. The number of hydrogen-bond donors (Lipinski definition) is 0. The maximum Gasteiger partial charge on any atom is 0.0643 e. The van der Waals surface area contributed by atoms with E-state index in [2.05, 4.69) is 23.7 Å². The summed E-state index contributed by atoms with van der Waals surface area (Å²) in [4.78, 5) is 9.56. The molecule has 0 bridgehead atoms. The third-order valence-corrected chi connectivity index (χ3v) is 2.79. The molecular formula is C13H16N2O. The number of hydrogen-bond acceptors (Lipinski definition) is 3. The second-order valence-electron chi connectivity index (χ2n) is 3.77. The van der Waals surface area contributed by atoms with Crippen molar-refractivity contribution in [2.24, 2.45) is 4.99 Å². The lowest BCUT2D eigenvalue weighted by Gasteiger charge is -2.18. The Labute approximate surface area is 95.3 Å². The van der Waals surface area contributed by atoms with Crippen LogP contribution in [0.4, 0.5) is 0 Å². The minimum Gasteiger partial charge on any atom is -0.284 e. The lowest BCUT2D eigenvalue weighted by Crippen LogP contribution is -2.28. The van der Waals surface area contributed by atoms with E-state index < -0.39 is 0 Å². The minimum absolute atomic E-state index is 0.851. The Hall–Kier alpha value is -1.61. The average Bonchev–Trinajstić information content (AvgIpc) is 2.36. The Kier molecular flexibility index (Phi) is 3.06. The van der Waals surface area contributed by atoms with Gasteiger partial charge in [0.1, 0.15) is 0 Å². The van der Waals surface area contributed by atoms with Crippen LogP contribution in [-0.2, 0) is 4.84 Å². The molecule has 1 aliphatic rings. The Morgan fingerprint density at radius 2 is 2.31 bits per heavy atom. The first-order chi connectivity index (χ1) is 7.72. The van der Waals surface area contributed by atoms with Crippen molar-refractivity contribution in [2.45, 2.75) is 6.42 Å². The van der Waals surface area contributed by atoms with Crippen molar-refractivity contribution in [1.82, 2.24) is 5.06 Å². The molecule has 0 aliphatic carbocycles. The zero-order chi connectivity index (χ0) is 11.5. The molecule has 0 radical (unpaired) electrons. The van der Waals surface area contributed by atoms with Crippen LogP contribution in [0.5, 0.6) is 0 Å². The van der Waals surface area contributed by atoms with Crippen LogP contribution in [-0.4, -0.2) is 25.8 Å². The molecule has 0 saturated heterocycles. The SMILES string of the molecule is C=C(c1ccc2c(c1)=CCCN=2)N(C)OC. The highest BCUT2D eigenvalue weighted by Crippen LogP contribution is 2.12. The molecule has 16 heavy (non-hydrogen) atoms. The van der Waals surface area contributed by atoms with E-state index in [1.807, 2.05) is 19.2 Å². The summed E-state index contributed by atoms with van der Waals surface area (Å²) in [7, 11) is 3.47. The summed E-state index contributed by atoms with van der Waals surface area (Å²) in [6, 6.07) is 6.17. The van der Waals surface area contributed by atoms with Crippen LogP contribution in [0, 0.1) is 0 Å². The van der Waals surface area contributed by atoms with Crippen LogP contribution in [0.3, 0.4) is 0 Å². The quantitative estimate of drug-likeness (QED) is 0.703. The molecule has 0 N–H and O–H groups in total. The fourth-order valence-corrected chi connectivity index (χ4v) is 1.74. The van der Waals surface area contributed by atoms with Gasteiger partial charge in [0.25, 0.3) is 0 Å². The van der Waals surface area contributed by atoms with Gasteiger partial charge in [-0.2, -0.15) is 0 Å². The first-order valence-electron chi connectivity index (χ1n) is 5.34. The smallest absolute Gasteiger partial charge is 0.0643 e. The van der Waals surface area contributed by atoms with Crippen LogP contribution in [0.15, 0.2) is 29.8 Å². The molecule has 84 valence electrons. The van der Waals surface area contributed by atoms with E-state index >= 15 is 0 Å². The average molecular weight is 216 g/mol. The van der Waals surface area contributed by atoms with Gasteiger partial charge in [-0.3, -0.25) is 14.9 Å². The maximum absolute atomic E-state index is 5.11. The van der Waals surface area contributed by atoms with Gasteiger partial charge < -0.3 is 0 Å². The fourth-order valence-electron chi connectivity index (χ4n) is 1.74. The van der Waals surface area contributed by atoms with Gasteiger partial charge >= 0.3 is 0 Å². The molecule has 1 aromatic rings. The Morgan fingerprint density at radius 3 is 3.06 bits per heavy atom. The molecule has 0 atom stereocenters. The van der Waals surface area contributed by atoms with Gasteiger partial charge in [-0.1, -0.05) is 18.7 Å². The molecule has 0 aromatic heterocycles. The van der Waals surface area contributed by atoms with Crippen molar-refractivity contribution < 1.29 is 4.84 Å². The number of hydroxylamine groups is 2. The first kappa shape index (κ1) is 10.9. The lowest BCUT2D eigenvalue weighted by molar-refractivity contribution is -0.0524. The first-order valence-corrected chi connectivity index (χ1v) is 5.34. The van der Waals surface area contributed by atoms with Gasteiger partial charge in [-0.05, 0) is 23.8 Å². The topological polar surface area (TPSA) is 24.8 Å². The summed E-state index contributed by atoms with van der Waals surface area (Å²) in [5, 5.41) is 3.92. The second kappa shape index (κ2) is 4.49. The predicted molar refractivity (Wildman–Crippen MR) is 65.0 cm³/mol. The van der Waals surface area contributed by atoms with Crippen molar-refractivity contribution in [3.63, 3.8) is 0 Å². The highest BCUT2D eigenvalue weighted by molar-refractivity contribution is 5.61. The standard InChI is InChI=1S/C13H16N2O/c1-10(15(2)16-3)11-6-7-13-12(9-11)5-4-8-14-13/h5-7,9H,1,4,8H2,2-3H3. The maximum atomic E-state index is 5.11. The van der Waals surface area contributed by atoms with E-state index in [1.54, 1.807) is 12.2 Å². The van der Waals surface area contributed by atoms with Crippen LogP contribution < -0.4 is 10.6 Å². The Bertz CT molecular complexity index is 519. The molecular weight excluding hydrogens is 200 g/mol. The van der Waals surface area contributed by atoms with Crippen LogP contribution >= 0.6 is 0 Å². The van der Waals surface area contributed by atoms with Crippen molar-refractivity contribution in [3.05, 3.63) is 40.9 Å². The molecule has 3 nitrogen and oxygen atoms in total. The molecule has 0 fully saturated rings. The van der Waals surface area contributed by atoms with Gasteiger partial charge in [-0.25, -0.2) is 0 Å². The van der Waals surface area contributed by atoms with Crippen LogP contribution in [0.2, 0.25) is 0 Å². The Morgan fingerprint density at radius 1 is 1.50 bits per heavy atom. The van der Waals surface area contributed by atoms with Gasteiger partial charge in [0.15, 0.2) is 0 Å². The monoisotopic (exact) mass is 216 g/mol. The highest BCUT2D eigenvalue weighted by atomic mass is 16.7. The minimum atomic E-state index is 0.851. The van der Waals surface area contributed by atoms with E-state index in [4.69, 9.17) is 4.84 Å². The zero-order valence-corrected chi connectivity index (χ0v) is 9.73. The van der Waals surface area contributed by atoms with E-state index in [-0.39, 0.29) is 0 Å². The molecule has 1 heterocycles. The number of rotatable bonds is 3. The number of benzene rings is 1. The van der Waals surface area contributed by atoms with E-state index in [9.17, 15) is 0 Å². The summed E-state index contributed by atoms with van der Waals surface area (Å²) < 4.78 is 0. The van der Waals surface area contributed by atoms with Crippen molar-refractivity contribution >= 4 is 11.8 Å². The molecule has 1 aliphatic heterocycles. The molecule has 0 spiro atoms. The van der Waals surface area contributed by atoms with Gasteiger partial charge in [-0.15, -0.1) is 0 Å². The summed E-state index contributed by atoms with van der Waals surface area (Å²) >= 11 is 0. The molecule has 0 amide bonds. The third-order valence-electron chi connectivity index (χ3n) is 2.79. The van der Waals surface area contributed by atoms with Crippen LogP contribution in [0.25, 0.3) is 11.8 Å². The lowest BCUT2D eigenvalue weighted by atomic mass is 10.1. The highest BCUT2D eigenvalue weighted by Gasteiger charge is 2.05. The zero-order valence-electron chi connectivity index (χ0n) is 9.73. The molecule has 1 aromatic carbocycles. The van der Waals surface area contributed by atoms with Crippen molar-refractivity contribution in [3.8, 4) is 0 Å². The summed E-state index contributed by atoms with van der Waals surface area (Å²) in [5.74, 6) is 0. The molecule has 2 rings (SSSR count). The molecule has 0 unspecified atom stereocenters. The predicted octanol–water partition coefficient (Wildman–Crippen LogP) is 0.954. The van der Waals surface area contributed by atoms with E-state index in [0.29, 0.717) is 0 Å². The summed E-state index contributed by atoms with van der Waals surface area (Å²) in [5.41, 5.74) is 1.92. The third kappa shape index (κ3) is 1.99. The molecule has 0 saturated carbocycles. The normalized spacial score (nSPS) is 13.4. The number of fused-ring (bicyclic) bond motifs is 1. The van der Waals surface area contributed by atoms with Crippen molar-refractivity contribution in [1.29, 1.82) is 0 Å². The largest absolute Gasteiger partial charge is 0.284 e. The van der Waals surface area contributed by atoms with Gasteiger partial charge in [0.05, 0.1) is 18.2 Å². The number of nitrogens with zero attached hydrogens (tertiary/aromatic N) is 2. The molecule has 3 heteroatoms. The van der Waals surface area contributed by atoms with Crippen LogP contribution in [0.1, 0.15) is 12.0 Å². The van der Waals surface area contributed by atoms with Crippen molar-refractivity contribution in [2.75, 3.05) is 20.7 Å².